The maximum Gasteiger partial charge on any atom is 0.183 e. The molecule has 0 saturated carbocycles. The maximum absolute atomic E-state index is 9.54. The molecule has 3 rings (SSSR count). The second kappa shape index (κ2) is 7.62. The van der Waals surface area contributed by atoms with Crippen LogP contribution in [0.5, 0.6) is 5.75 Å². The van der Waals surface area contributed by atoms with E-state index in [9.17, 15) is 5.11 Å². The third kappa shape index (κ3) is 4.51. The Kier molecular flexibility index (Phi) is 5.60. The number of aliphatic hydroxyl groups excluding tert-OH is 1. The molecule has 27 heavy (non-hydrogen) atoms. The van der Waals surface area contributed by atoms with Gasteiger partial charge in [-0.2, -0.15) is 0 Å². The Balaban J connectivity index is 2.17. The molecular weight excluding hydrogens is 382 g/mol. The molecule has 0 aliphatic heterocycles. The van der Waals surface area contributed by atoms with Gasteiger partial charge >= 0.3 is 0 Å². The predicted molar refractivity (Wildman–Crippen MR) is 113 cm³/mol. The van der Waals surface area contributed by atoms with Gasteiger partial charge in [-0.25, -0.2) is 9.97 Å². The maximum atomic E-state index is 9.54. The zero-order valence-electron chi connectivity index (χ0n) is 16.1. The normalized spacial score (nSPS) is 12.0. The van der Waals surface area contributed by atoms with Crippen LogP contribution in [0, 0.1) is 0 Å². The summed E-state index contributed by atoms with van der Waals surface area (Å²) < 4.78 is 6.18. The van der Waals surface area contributed by atoms with Crippen molar-refractivity contribution < 1.29 is 9.84 Å². The van der Waals surface area contributed by atoms with Gasteiger partial charge in [-0.1, -0.05) is 17.7 Å². The number of pyridine rings is 1. The zero-order valence-corrected chi connectivity index (χ0v) is 17.7. The monoisotopic (exact) mass is 405 g/mol. The van der Waals surface area contributed by atoms with E-state index in [0.717, 1.165) is 16.2 Å². The van der Waals surface area contributed by atoms with Gasteiger partial charge in [0.15, 0.2) is 5.13 Å². The molecule has 0 unspecified atom stereocenters. The van der Waals surface area contributed by atoms with E-state index in [-0.39, 0.29) is 12.2 Å². The number of benzene rings is 1. The number of ether oxygens (including phenoxy) is 1. The Morgan fingerprint density at radius 3 is 2.59 bits per heavy atom. The highest BCUT2D eigenvalue weighted by Gasteiger charge is 2.19. The van der Waals surface area contributed by atoms with Crippen molar-refractivity contribution in [2.75, 3.05) is 5.32 Å². The summed E-state index contributed by atoms with van der Waals surface area (Å²) >= 11 is 8.04. The van der Waals surface area contributed by atoms with E-state index >= 15 is 0 Å². The topological polar surface area (TPSA) is 67.3 Å². The number of fused-ring (bicyclic) bond motifs is 1. The average molecular weight is 406 g/mol. The van der Waals surface area contributed by atoms with E-state index < -0.39 is 0 Å². The van der Waals surface area contributed by atoms with E-state index in [1.54, 1.807) is 6.07 Å². The Morgan fingerprint density at radius 1 is 1.22 bits per heavy atom. The van der Waals surface area contributed by atoms with Crippen molar-refractivity contribution in [2.45, 2.75) is 52.9 Å². The summed E-state index contributed by atoms with van der Waals surface area (Å²) in [6, 6.07) is 5.89. The Hall–Kier alpha value is -1.89. The summed E-state index contributed by atoms with van der Waals surface area (Å²) in [7, 11) is 0. The van der Waals surface area contributed by atoms with Crippen molar-refractivity contribution in [3.63, 3.8) is 0 Å². The van der Waals surface area contributed by atoms with Crippen LogP contribution in [0.25, 0.3) is 22.3 Å². The predicted octanol–water partition coefficient (Wildman–Crippen LogP) is 5.50. The summed E-state index contributed by atoms with van der Waals surface area (Å²) in [5.74, 6) is 0.695. The molecule has 1 aromatic carbocycles. The molecule has 0 fully saturated rings. The van der Waals surface area contributed by atoms with E-state index in [0.29, 0.717) is 33.6 Å². The lowest BCUT2D eigenvalue weighted by Crippen LogP contribution is -2.23. The molecule has 5 nitrogen and oxygen atoms in total. The highest BCUT2D eigenvalue weighted by Crippen LogP contribution is 2.37. The lowest BCUT2D eigenvalue weighted by molar-refractivity contribution is 0.133. The number of hydrogen-bond acceptors (Lipinski definition) is 6. The highest BCUT2D eigenvalue weighted by molar-refractivity contribution is 7.14. The van der Waals surface area contributed by atoms with Gasteiger partial charge in [-0.3, -0.25) is 0 Å². The molecular formula is C20H24ClN3O2S. The summed E-state index contributed by atoms with van der Waals surface area (Å²) in [6.07, 6.45) is 0. The number of aliphatic hydroxyl groups is 1. The number of halogens is 1. The van der Waals surface area contributed by atoms with E-state index in [2.05, 4.69) is 24.1 Å². The molecule has 2 aromatic heterocycles. The second-order valence-corrected chi connectivity index (χ2v) is 8.89. The molecule has 0 atom stereocenters. The molecule has 0 spiro atoms. The van der Waals surface area contributed by atoms with Crippen LogP contribution in [0.15, 0.2) is 23.6 Å². The Labute approximate surface area is 168 Å². The van der Waals surface area contributed by atoms with Crippen molar-refractivity contribution in [3.8, 4) is 17.1 Å². The molecule has 7 heteroatoms. The number of hydrogen-bond donors (Lipinski definition) is 2. The molecule has 0 aliphatic rings. The van der Waals surface area contributed by atoms with Crippen LogP contribution in [0.3, 0.4) is 0 Å². The minimum atomic E-state index is -0.375. The first-order chi connectivity index (χ1) is 12.7. The minimum Gasteiger partial charge on any atom is -0.487 e. The molecule has 0 aliphatic carbocycles. The summed E-state index contributed by atoms with van der Waals surface area (Å²) in [4.78, 5) is 9.36. The fourth-order valence-electron chi connectivity index (χ4n) is 2.64. The zero-order chi connectivity index (χ0) is 19.8. The SMILES string of the molecule is CC(C)Nc1nc(-c2cc(OC(C)(C)C)c3ccc(CO)c(Cl)c3n2)cs1. The van der Waals surface area contributed by atoms with Crippen LogP contribution in [0.1, 0.15) is 40.2 Å². The van der Waals surface area contributed by atoms with Crippen molar-refractivity contribution in [2.24, 2.45) is 0 Å². The van der Waals surface area contributed by atoms with E-state index in [4.69, 9.17) is 21.3 Å². The fraction of sp³-hybridized carbons (Fsp3) is 0.400. The number of rotatable bonds is 5. The van der Waals surface area contributed by atoms with Gasteiger partial charge in [0.05, 0.1) is 22.8 Å². The number of nitrogens with one attached hydrogen (secondary N) is 1. The van der Waals surface area contributed by atoms with Crippen molar-refractivity contribution in [1.29, 1.82) is 0 Å². The van der Waals surface area contributed by atoms with Gasteiger partial charge < -0.3 is 15.2 Å². The third-order valence-corrected chi connectivity index (χ3v) is 4.92. The van der Waals surface area contributed by atoms with Crippen molar-refractivity contribution in [1.82, 2.24) is 9.97 Å². The van der Waals surface area contributed by atoms with Crippen molar-refractivity contribution >= 4 is 39.0 Å². The van der Waals surface area contributed by atoms with E-state index in [1.165, 1.54) is 11.3 Å². The number of anilines is 1. The summed E-state index contributed by atoms with van der Waals surface area (Å²) in [5, 5.41) is 16.9. The molecule has 3 aromatic rings. The van der Waals surface area contributed by atoms with Gasteiger partial charge in [0, 0.05) is 22.9 Å². The fourth-order valence-corrected chi connectivity index (χ4v) is 3.76. The van der Waals surface area contributed by atoms with Gasteiger partial charge in [0.25, 0.3) is 0 Å². The number of thiazole rings is 1. The number of aromatic nitrogens is 2. The van der Waals surface area contributed by atoms with Crippen LogP contribution in [-0.2, 0) is 6.61 Å². The summed E-state index contributed by atoms with van der Waals surface area (Å²) in [5.41, 5.74) is 2.31. The molecule has 0 bridgehead atoms. The van der Waals surface area contributed by atoms with Crippen molar-refractivity contribution in [3.05, 3.63) is 34.2 Å². The Bertz CT molecular complexity index is 964. The van der Waals surface area contributed by atoms with Gasteiger partial charge in [0.1, 0.15) is 17.0 Å². The van der Waals surface area contributed by atoms with Gasteiger partial charge in [-0.05, 0) is 46.2 Å². The molecule has 2 N–H and O–H groups in total. The Morgan fingerprint density at radius 2 is 1.96 bits per heavy atom. The molecule has 144 valence electrons. The quantitative estimate of drug-likeness (QED) is 0.586. The van der Waals surface area contributed by atoms with Crippen LogP contribution in [-0.4, -0.2) is 26.7 Å². The largest absolute Gasteiger partial charge is 0.487 e. The second-order valence-electron chi connectivity index (χ2n) is 7.65. The lowest BCUT2D eigenvalue weighted by Gasteiger charge is -2.23. The van der Waals surface area contributed by atoms with Crippen LogP contribution >= 0.6 is 22.9 Å². The van der Waals surface area contributed by atoms with Crippen LogP contribution in [0.2, 0.25) is 5.02 Å². The standard InChI is InChI=1S/C20H24ClN3O2S/c1-11(2)22-19-24-15(10-27-19)14-8-16(26-20(3,4)5)13-7-6-12(9-25)17(21)18(13)23-14/h6-8,10-11,25H,9H2,1-5H3,(H,22,24). The van der Waals surface area contributed by atoms with E-state index in [1.807, 2.05) is 38.3 Å². The minimum absolute atomic E-state index is 0.144. The average Bonchev–Trinajstić information content (AvgIpc) is 3.02. The summed E-state index contributed by atoms with van der Waals surface area (Å²) in [6.45, 7) is 9.99. The molecule has 0 radical (unpaired) electrons. The van der Waals surface area contributed by atoms with Crippen LogP contribution in [0.4, 0.5) is 5.13 Å². The number of nitrogens with zero attached hydrogens (tertiary/aromatic N) is 2. The lowest BCUT2D eigenvalue weighted by atomic mass is 10.1. The van der Waals surface area contributed by atoms with Crippen LogP contribution < -0.4 is 10.1 Å². The first-order valence-electron chi connectivity index (χ1n) is 8.82. The van der Waals surface area contributed by atoms with Gasteiger partial charge in [-0.15, -0.1) is 11.3 Å². The highest BCUT2D eigenvalue weighted by atomic mass is 35.5. The van der Waals surface area contributed by atoms with Gasteiger partial charge in [0.2, 0.25) is 0 Å². The first kappa shape index (κ1) is 19.9. The molecule has 2 heterocycles. The molecule has 0 saturated heterocycles. The smallest absolute Gasteiger partial charge is 0.183 e. The molecule has 0 amide bonds. The third-order valence-electron chi connectivity index (χ3n) is 3.73. The first-order valence-corrected chi connectivity index (χ1v) is 10.1.